The highest BCUT2D eigenvalue weighted by Crippen LogP contribution is 2.54. The van der Waals surface area contributed by atoms with Gasteiger partial charge >= 0.3 is 6.03 Å². The Kier molecular flexibility index (Phi) is 10.3. The van der Waals surface area contributed by atoms with Crippen molar-refractivity contribution in [2.24, 2.45) is 4.99 Å². The highest BCUT2D eigenvalue weighted by molar-refractivity contribution is 6.30. The Balaban J connectivity index is 1.45. The zero-order chi connectivity index (χ0) is 35.8. The summed E-state index contributed by atoms with van der Waals surface area (Å²) in [5, 5.41) is 12.1. The number of likely N-dealkylation sites (tertiary alicyclic amines) is 1. The minimum Gasteiger partial charge on any atom is -0.493 e. The summed E-state index contributed by atoms with van der Waals surface area (Å²) in [4.78, 5) is 41.4. The molecule has 3 aromatic rings. The highest BCUT2D eigenvalue weighted by Gasteiger charge is 2.60. The van der Waals surface area contributed by atoms with Gasteiger partial charge in [0.2, 0.25) is 5.91 Å². The molecule has 6 rings (SSSR count). The molecule has 1 N–H and O–H groups in total. The van der Waals surface area contributed by atoms with Crippen LogP contribution in [0.1, 0.15) is 69.7 Å². The summed E-state index contributed by atoms with van der Waals surface area (Å²) < 4.78 is 6.21. The molecule has 3 aromatic carbocycles. The van der Waals surface area contributed by atoms with E-state index in [1.807, 2.05) is 95.3 Å². The lowest BCUT2D eigenvalue weighted by atomic mass is 9.71. The molecule has 0 spiro atoms. The zero-order valence-electron chi connectivity index (χ0n) is 29.6. The molecule has 266 valence electrons. The molecular weight excluding hydrogens is 673 g/mol. The van der Waals surface area contributed by atoms with Gasteiger partial charge in [-0.1, -0.05) is 53.5 Å². The average molecular weight is 721 g/mol. The summed E-state index contributed by atoms with van der Waals surface area (Å²) in [7, 11) is 0. The molecule has 2 atom stereocenters. The van der Waals surface area contributed by atoms with Crippen molar-refractivity contribution in [2.45, 2.75) is 64.1 Å². The fourth-order valence-electron chi connectivity index (χ4n) is 7.43. The number of rotatable bonds is 8. The quantitative estimate of drug-likeness (QED) is 0.275. The summed E-state index contributed by atoms with van der Waals surface area (Å²) in [5.41, 5.74) is -0.0840. The van der Waals surface area contributed by atoms with E-state index in [9.17, 15) is 9.90 Å². The normalized spacial score (nSPS) is 23.0. The molecule has 0 saturated carbocycles. The first-order chi connectivity index (χ1) is 23.8. The van der Waals surface area contributed by atoms with Crippen LogP contribution in [0.5, 0.6) is 5.75 Å². The van der Waals surface area contributed by atoms with Crippen LogP contribution in [-0.2, 0) is 21.5 Å². The Morgan fingerprint density at radius 2 is 1.42 bits per heavy atom. The van der Waals surface area contributed by atoms with Crippen molar-refractivity contribution in [3.63, 3.8) is 0 Å². The summed E-state index contributed by atoms with van der Waals surface area (Å²) in [5.74, 6) is 1.14. The molecule has 0 radical (unpaired) electrons. The smallest absolute Gasteiger partial charge is 0.326 e. The number of hydrogen-bond acceptors (Lipinski definition) is 6. The first-order valence-corrected chi connectivity index (χ1v) is 18.2. The van der Waals surface area contributed by atoms with Crippen LogP contribution in [0, 0.1) is 0 Å². The van der Waals surface area contributed by atoms with E-state index in [0.29, 0.717) is 72.1 Å². The van der Waals surface area contributed by atoms with Crippen LogP contribution in [0.25, 0.3) is 0 Å². The molecule has 0 aromatic heterocycles. The van der Waals surface area contributed by atoms with Gasteiger partial charge in [0.15, 0.2) is 0 Å². The van der Waals surface area contributed by atoms with Gasteiger partial charge in [-0.25, -0.2) is 4.79 Å². The molecule has 0 bridgehead atoms. The fraction of sp³-hybridized carbons (Fsp3) is 0.462. The molecule has 9 nitrogen and oxygen atoms in total. The topological polar surface area (TPSA) is 88.9 Å². The Hall–Kier alpha value is -3.63. The van der Waals surface area contributed by atoms with E-state index in [4.69, 9.17) is 32.9 Å². The minimum absolute atomic E-state index is 0.156. The maximum Gasteiger partial charge on any atom is 0.326 e. The van der Waals surface area contributed by atoms with Crippen LogP contribution in [0.3, 0.4) is 0 Å². The Bertz CT molecular complexity index is 1750. The van der Waals surface area contributed by atoms with Crippen molar-refractivity contribution in [1.82, 2.24) is 19.6 Å². The van der Waals surface area contributed by atoms with E-state index in [1.165, 1.54) is 0 Å². The van der Waals surface area contributed by atoms with Gasteiger partial charge in [0.05, 0.1) is 24.3 Å². The van der Waals surface area contributed by atoms with Gasteiger partial charge in [0.1, 0.15) is 22.7 Å². The molecule has 2 saturated heterocycles. The third-order valence-corrected chi connectivity index (χ3v) is 11.1. The van der Waals surface area contributed by atoms with E-state index in [-0.39, 0.29) is 11.9 Å². The number of amidine groups is 1. The SMILES string of the molecule is CCOc1cc(C(C)(C)O)ccc1C1=N[C@@](C)(c2ccc(Cl)cc2)[C@@](C)(c2ccc(Cl)cc2)N1C(=O)N1CCN(CC(=O)N2CCCC2)CC1. The number of aliphatic hydroxyl groups is 1. The third-order valence-electron chi connectivity index (χ3n) is 10.6. The van der Waals surface area contributed by atoms with Crippen LogP contribution in [0.2, 0.25) is 10.0 Å². The number of urea groups is 1. The second-order valence-electron chi connectivity index (χ2n) is 14.3. The molecule has 0 aliphatic carbocycles. The van der Waals surface area contributed by atoms with Crippen molar-refractivity contribution in [2.75, 3.05) is 52.4 Å². The number of amides is 3. The van der Waals surface area contributed by atoms with Gasteiger partial charge in [-0.05, 0) is 101 Å². The lowest BCUT2D eigenvalue weighted by Gasteiger charge is -2.47. The second-order valence-corrected chi connectivity index (χ2v) is 15.1. The van der Waals surface area contributed by atoms with Crippen molar-refractivity contribution >= 4 is 41.0 Å². The van der Waals surface area contributed by atoms with Crippen LogP contribution in [0.4, 0.5) is 4.79 Å². The zero-order valence-corrected chi connectivity index (χ0v) is 31.1. The van der Waals surface area contributed by atoms with Crippen LogP contribution in [-0.4, -0.2) is 94.9 Å². The summed E-state index contributed by atoms with van der Waals surface area (Å²) >= 11 is 12.8. The number of ether oxygens (including phenoxy) is 1. The monoisotopic (exact) mass is 719 g/mol. The van der Waals surface area contributed by atoms with Gasteiger partial charge in [0, 0.05) is 49.3 Å². The number of carbonyl (C=O) groups excluding carboxylic acids is 2. The van der Waals surface area contributed by atoms with E-state index in [1.54, 1.807) is 13.8 Å². The average Bonchev–Trinajstić information content (AvgIpc) is 3.71. The summed E-state index contributed by atoms with van der Waals surface area (Å²) in [6, 6.07) is 20.6. The molecule has 3 aliphatic heterocycles. The number of aliphatic imine (C=N–C) groups is 1. The van der Waals surface area contributed by atoms with E-state index in [0.717, 1.165) is 37.1 Å². The van der Waals surface area contributed by atoms with Crippen LogP contribution >= 0.6 is 23.2 Å². The molecule has 0 unspecified atom stereocenters. The predicted octanol–water partition coefficient (Wildman–Crippen LogP) is 6.87. The molecule has 50 heavy (non-hydrogen) atoms. The summed E-state index contributed by atoms with van der Waals surface area (Å²) in [6.07, 6.45) is 2.11. The Morgan fingerprint density at radius 1 is 0.840 bits per heavy atom. The van der Waals surface area contributed by atoms with Crippen LogP contribution in [0.15, 0.2) is 71.7 Å². The minimum atomic E-state index is -1.11. The number of carbonyl (C=O) groups is 2. The highest BCUT2D eigenvalue weighted by atomic mass is 35.5. The lowest BCUT2D eigenvalue weighted by Crippen LogP contribution is -2.61. The standard InChI is InChI=1S/C39H47Cl2N5O4/c1-6-50-33-25-29(37(2,3)49)13-18-32(33)35-42-38(4,27-9-14-30(40)15-10-27)39(5,28-11-16-31(41)17-12-28)46(35)36(48)45-23-21-43(22-24-45)26-34(47)44-19-7-8-20-44/h9-18,25,49H,6-8,19-24,26H2,1-5H3/t38-,39+/m0/s1. The van der Waals surface area contributed by atoms with Crippen molar-refractivity contribution in [3.8, 4) is 5.75 Å². The van der Waals surface area contributed by atoms with Gasteiger partial charge in [-0.15, -0.1) is 0 Å². The third kappa shape index (κ3) is 6.73. The maximum atomic E-state index is 15.2. The predicted molar refractivity (Wildman–Crippen MR) is 198 cm³/mol. The Morgan fingerprint density at radius 3 is 1.98 bits per heavy atom. The van der Waals surface area contributed by atoms with Crippen LogP contribution < -0.4 is 4.74 Å². The van der Waals surface area contributed by atoms with Gasteiger partial charge in [-0.2, -0.15) is 0 Å². The fourth-order valence-corrected chi connectivity index (χ4v) is 7.68. The molecular formula is C39H47Cl2N5O4. The first kappa shape index (κ1) is 36.2. The molecule has 3 heterocycles. The lowest BCUT2D eigenvalue weighted by molar-refractivity contribution is -0.131. The van der Waals surface area contributed by atoms with Gasteiger partial charge in [-0.3, -0.25) is 19.6 Å². The largest absolute Gasteiger partial charge is 0.493 e. The maximum absolute atomic E-state index is 15.2. The van der Waals surface area contributed by atoms with E-state index in [2.05, 4.69) is 11.8 Å². The Labute approximate surface area is 305 Å². The molecule has 3 aliphatic rings. The van der Waals surface area contributed by atoms with Crippen molar-refractivity contribution < 1.29 is 19.4 Å². The van der Waals surface area contributed by atoms with Gasteiger partial charge < -0.3 is 19.6 Å². The number of benzene rings is 3. The van der Waals surface area contributed by atoms with E-state index < -0.39 is 16.7 Å². The summed E-state index contributed by atoms with van der Waals surface area (Å²) in [6.45, 7) is 13.9. The number of piperazine rings is 1. The van der Waals surface area contributed by atoms with Gasteiger partial charge in [0.25, 0.3) is 0 Å². The van der Waals surface area contributed by atoms with Crippen molar-refractivity contribution in [1.29, 1.82) is 0 Å². The number of halogens is 2. The molecule has 11 heteroatoms. The number of nitrogens with zero attached hydrogens (tertiary/aromatic N) is 5. The molecule has 3 amide bonds. The molecule has 2 fully saturated rings. The number of hydrogen-bond donors (Lipinski definition) is 1. The second kappa shape index (κ2) is 14.2. The first-order valence-electron chi connectivity index (χ1n) is 17.5. The van der Waals surface area contributed by atoms with E-state index >= 15 is 4.79 Å². The van der Waals surface area contributed by atoms with Crippen molar-refractivity contribution in [3.05, 3.63) is 99.0 Å².